The van der Waals surface area contributed by atoms with E-state index in [1.165, 1.54) is 11.0 Å². The average Bonchev–Trinajstić information content (AvgIpc) is 2.37. The first-order chi connectivity index (χ1) is 8.82. The van der Waals surface area contributed by atoms with Crippen LogP contribution in [0.25, 0.3) is 0 Å². The van der Waals surface area contributed by atoms with Crippen molar-refractivity contribution in [2.24, 2.45) is 0 Å². The molecule has 5 heteroatoms. The molecule has 0 fully saturated rings. The third-order valence-corrected chi connectivity index (χ3v) is 2.94. The number of carbonyl (C=O) groups is 1. The molecule has 19 heavy (non-hydrogen) atoms. The molecule has 0 radical (unpaired) electrons. The van der Waals surface area contributed by atoms with Crippen molar-refractivity contribution in [3.63, 3.8) is 0 Å². The average molecular weight is 271 g/mol. The molecule has 1 rings (SSSR count). The Kier molecular flexibility index (Phi) is 5.42. The highest BCUT2D eigenvalue weighted by molar-refractivity contribution is 5.77. The highest BCUT2D eigenvalue weighted by atomic mass is 19.2. The molecule has 0 spiro atoms. The van der Waals surface area contributed by atoms with E-state index in [1.807, 2.05) is 13.8 Å². The summed E-state index contributed by atoms with van der Waals surface area (Å²) in [5.41, 5.74) is 0.541. The zero-order chi connectivity index (χ0) is 14.6. The number of ether oxygens (including phenoxy) is 1. The molecule has 0 aromatic heterocycles. The lowest BCUT2D eigenvalue weighted by atomic mass is 10.1. The second kappa shape index (κ2) is 6.61. The fourth-order valence-electron chi connectivity index (χ4n) is 1.55. The van der Waals surface area contributed by atoms with Gasteiger partial charge < -0.3 is 9.64 Å². The van der Waals surface area contributed by atoms with Gasteiger partial charge in [-0.1, -0.05) is 6.07 Å². The minimum Gasteiger partial charge on any atom is -0.369 e. The van der Waals surface area contributed by atoms with E-state index in [9.17, 15) is 13.6 Å². The molecular weight excluding hydrogens is 252 g/mol. The van der Waals surface area contributed by atoms with Crippen molar-refractivity contribution in [2.75, 3.05) is 13.7 Å². The van der Waals surface area contributed by atoms with Crippen LogP contribution in [0.15, 0.2) is 18.2 Å². The van der Waals surface area contributed by atoms with E-state index in [1.54, 1.807) is 14.0 Å². The Bertz CT molecular complexity index is 449. The Balaban J connectivity index is 2.72. The lowest BCUT2D eigenvalue weighted by Gasteiger charge is -2.25. The van der Waals surface area contributed by atoms with Gasteiger partial charge >= 0.3 is 0 Å². The lowest BCUT2D eigenvalue weighted by molar-refractivity contribution is -0.138. The van der Waals surface area contributed by atoms with Crippen LogP contribution < -0.4 is 0 Å². The predicted molar refractivity (Wildman–Crippen MR) is 68.6 cm³/mol. The molecule has 0 aliphatic carbocycles. The Morgan fingerprint density at radius 1 is 1.26 bits per heavy atom. The van der Waals surface area contributed by atoms with Gasteiger partial charge in [-0.25, -0.2) is 8.78 Å². The van der Waals surface area contributed by atoms with E-state index in [2.05, 4.69) is 0 Å². The van der Waals surface area contributed by atoms with Crippen molar-refractivity contribution < 1.29 is 18.3 Å². The van der Waals surface area contributed by atoms with Gasteiger partial charge in [-0.3, -0.25) is 4.79 Å². The molecule has 0 aliphatic heterocycles. The summed E-state index contributed by atoms with van der Waals surface area (Å²) in [6.07, 6.45) is -0.0316. The number of carbonyl (C=O) groups excluding carboxylic acids is 1. The SMILES string of the molecule is CC(C)OCC(=O)N(C)C(C)c1ccc(F)c(F)c1. The van der Waals surface area contributed by atoms with Crippen LogP contribution in [0.5, 0.6) is 0 Å². The summed E-state index contributed by atoms with van der Waals surface area (Å²) >= 11 is 0. The van der Waals surface area contributed by atoms with Gasteiger partial charge in [-0.05, 0) is 38.5 Å². The molecule has 106 valence electrons. The molecule has 1 aromatic rings. The zero-order valence-electron chi connectivity index (χ0n) is 11.6. The first-order valence-corrected chi connectivity index (χ1v) is 6.15. The maximum Gasteiger partial charge on any atom is 0.248 e. The molecular formula is C14H19F2NO2. The van der Waals surface area contributed by atoms with Crippen molar-refractivity contribution in [2.45, 2.75) is 32.9 Å². The molecule has 1 aromatic carbocycles. The fourth-order valence-corrected chi connectivity index (χ4v) is 1.55. The number of hydrogen-bond donors (Lipinski definition) is 0. The smallest absolute Gasteiger partial charge is 0.248 e. The van der Waals surface area contributed by atoms with Gasteiger partial charge in [0.15, 0.2) is 11.6 Å². The van der Waals surface area contributed by atoms with Crippen LogP contribution in [0.3, 0.4) is 0 Å². The van der Waals surface area contributed by atoms with Crippen molar-refractivity contribution >= 4 is 5.91 Å². The number of amides is 1. The first kappa shape index (κ1) is 15.6. The van der Waals surface area contributed by atoms with Gasteiger partial charge in [-0.2, -0.15) is 0 Å². The maximum absolute atomic E-state index is 13.2. The zero-order valence-corrected chi connectivity index (χ0v) is 11.6. The molecule has 0 N–H and O–H groups in total. The predicted octanol–water partition coefficient (Wildman–Crippen LogP) is 2.91. The highest BCUT2D eigenvalue weighted by Crippen LogP contribution is 2.21. The topological polar surface area (TPSA) is 29.5 Å². The standard InChI is InChI=1S/C14H19F2NO2/c1-9(2)19-8-14(18)17(4)10(3)11-5-6-12(15)13(16)7-11/h5-7,9-10H,8H2,1-4H3. The molecule has 0 aliphatic rings. The fraction of sp³-hybridized carbons (Fsp3) is 0.500. The largest absolute Gasteiger partial charge is 0.369 e. The molecule has 0 bridgehead atoms. The van der Waals surface area contributed by atoms with E-state index < -0.39 is 11.6 Å². The van der Waals surface area contributed by atoms with Crippen LogP contribution in [0.1, 0.15) is 32.4 Å². The van der Waals surface area contributed by atoms with Gasteiger partial charge in [0, 0.05) is 7.05 Å². The summed E-state index contributed by atoms with van der Waals surface area (Å²) in [7, 11) is 1.61. The summed E-state index contributed by atoms with van der Waals surface area (Å²) in [6, 6.07) is 3.28. The minimum absolute atomic E-state index is 0.0256. The van der Waals surface area contributed by atoms with Crippen LogP contribution in [0.4, 0.5) is 8.78 Å². The molecule has 1 unspecified atom stereocenters. The summed E-state index contributed by atoms with van der Waals surface area (Å²) in [5.74, 6) is -2.01. The maximum atomic E-state index is 13.2. The summed E-state index contributed by atoms with van der Waals surface area (Å²) in [4.78, 5) is 13.3. The number of rotatable bonds is 5. The van der Waals surface area contributed by atoms with Crippen molar-refractivity contribution in [1.29, 1.82) is 0 Å². The molecule has 1 atom stereocenters. The molecule has 0 saturated carbocycles. The third kappa shape index (κ3) is 4.28. The highest BCUT2D eigenvalue weighted by Gasteiger charge is 2.19. The number of halogens is 2. The lowest BCUT2D eigenvalue weighted by Crippen LogP contribution is -2.33. The number of benzene rings is 1. The Morgan fingerprint density at radius 3 is 2.42 bits per heavy atom. The molecule has 0 saturated heterocycles. The van der Waals surface area contributed by atoms with Crippen LogP contribution in [0, 0.1) is 11.6 Å². The molecule has 1 amide bonds. The second-order valence-electron chi connectivity index (χ2n) is 4.71. The van der Waals surface area contributed by atoms with Gasteiger partial charge in [0.1, 0.15) is 6.61 Å². The summed E-state index contributed by atoms with van der Waals surface area (Å²) in [5, 5.41) is 0. The summed E-state index contributed by atoms with van der Waals surface area (Å²) in [6.45, 7) is 5.40. The Labute approximate surface area is 112 Å². The van der Waals surface area contributed by atoms with E-state index in [-0.39, 0.29) is 24.7 Å². The van der Waals surface area contributed by atoms with Gasteiger partial charge in [0.2, 0.25) is 5.91 Å². The number of likely N-dealkylation sites (N-methyl/N-ethyl adjacent to an activating group) is 1. The van der Waals surface area contributed by atoms with Crippen molar-refractivity contribution in [3.05, 3.63) is 35.4 Å². The van der Waals surface area contributed by atoms with E-state index in [4.69, 9.17) is 4.74 Å². The van der Waals surface area contributed by atoms with Crippen LogP contribution >= 0.6 is 0 Å². The van der Waals surface area contributed by atoms with Gasteiger partial charge in [0.05, 0.1) is 12.1 Å². The van der Waals surface area contributed by atoms with Crippen LogP contribution in [0.2, 0.25) is 0 Å². The quantitative estimate of drug-likeness (QED) is 0.824. The molecule has 0 heterocycles. The monoisotopic (exact) mass is 271 g/mol. The minimum atomic E-state index is -0.913. The van der Waals surface area contributed by atoms with E-state index in [0.29, 0.717) is 5.56 Å². The third-order valence-electron chi connectivity index (χ3n) is 2.94. The van der Waals surface area contributed by atoms with Gasteiger partial charge in [-0.15, -0.1) is 0 Å². The van der Waals surface area contributed by atoms with Gasteiger partial charge in [0.25, 0.3) is 0 Å². The normalized spacial score (nSPS) is 12.6. The Morgan fingerprint density at radius 2 is 1.89 bits per heavy atom. The van der Waals surface area contributed by atoms with E-state index >= 15 is 0 Å². The number of nitrogens with zero attached hydrogens (tertiary/aromatic N) is 1. The molecule has 3 nitrogen and oxygen atoms in total. The second-order valence-corrected chi connectivity index (χ2v) is 4.71. The first-order valence-electron chi connectivity index (χ1n) is 6.15. The van der Waals surface area contributed by atoms with E-state index in [0.717, 1.165) is 12.1 Å². The van der Waals surface area contributed by atoms with Crippen LogP contribution in [-0.4, -0.2) is 30.6 Å². The van der Waals surface area contributed by atoms with Crippen LogP contribution in [-0.2, 0) is 9.53 Å². The van der Waals surface area contributed by atoms with Crippen molar-refractivity contribution in [3.8, 4) is 0 Å². The Hall–Kier alpha value is -1.49. The summed E-state index contributed by atoms with van der Waals surface area (Å²) < 4.78 is 31.2. The number of hydrogen-bond acceptors (Lipinski definition) is 2. The van der Waals surface area contributed by atoms with Crippen molar-refractivity contribution in [1.82, 2.24) is 4.90 Å².